The van der Waals surface area contributed by atoms with Gasteiger partial charge >= 0.3 is 6.03 Å². The third-order valence-corrected chi connectivity index (χ3v) is 5.84. The van der Waals surface area contributed by atoms with Crippen LogP contribution in [0.25, 0.3) is 11.3 Å². The van der Waals surface area contributed by atoms with Gasteiger partial charge in [0.25, 0.3) is 5.56 Å². The van der Waals surface area contributed by atoms with E-state index in [4.69, 9.17) is 0 Å². The van der Waals surface area contributed by atoms with Gasteiger partial charge in [0.15, 0.2) is 5.13 Å². The molecule has 0 bridgehead atoms. The number of rotatable bonds is 4. The summed E-state index contributed by atoms with van der Waals surface area (Å²) in [5, 5.41) is 8.00. The van der Waals surface area contributed by atoms with E-state index in [0.717, 1.165) is 29.0 Å². The van der Waals surface area contributed by atoms with Gasteiger partial charge in [-0.2, -0.15) is 5.10 Å². The van der Waals surface area contributed by atoms with Crippen molar-refractivity contribution < 1.29 is 4.79 Å². The summed E-state index contributed by atoms with van der Waals surface area (Å²) in [5.41, 5.74) is 1.57. The minimum atomic E-state index is -0.118. The average molecular weight is 411 g/mol. The Bertz CT molecular complexity index is 1040. The Labute approximate surface area is 172 Å². The van der Waals surface area contributed by atoms with Gasteiger partial charge < -0.3 is 4.90 Å². The molecule has 0 atom stereocenters. The third kappa shape index (κ3) is 4.68. The Balaban J connectivity index is 1.36. The summed E-state index contributed by atoms with van der Waals surface area (Å²) in [7, 11) is 0. The van der Waals surface area contributed by atoms with Gasteiger partial charge in [0, 0.05) is 54.7 Å². The number of urea groups is 1. The molecule has 1 saturated heterocycles. The zero-order valence-electron chi connectivity index (χ0n) is 16.1. The van der Waals surface area contributed by atoms with E-state index in [1.165, 1.54) is 16.0 Å². The first-order valence-corrected chi connectivity index (χ1v) is 10.4. The van der Waals surface area contributed by atoms with Crippen LogP contribution in [0, 0.1) is 12.8 Å². The second-order valence-corrected chi connectivity index (χ2v) is 8.35. The lowest BCUT2D eigenvalue weighted by atomic mass is 9.97. The quantitative estimate of drug-likeness (QED) is 0.714. The summed E-state index contributed by atoms with van der Waals surface area (Å²) < 4.78 is 1.54. The van der Waals surface area contributed by atoms with Crippen molar-refractivity contribution in [3.8, 4) is 11.3 Å². The van der Waals surface area contributed by atoms with Crippen molar-refractivity contribution in [2.24, 2.45) is 5.92 Å². The van der Waals surface area contributed by atoms with Crippen LogP contribution in [-0.2, 0) is 6.54 Å². The van der Waals surface area contributed by atoms with Crippen LogP contribution in [0.5, 0.6) is 0 Å². The van der Waals surface area contributed by atoms with Crippen molar-refractivity contribution >= 4 is 22.5 Å². The first kappa shape index (κ1) is 19.3. The maximum atomic E-state index is 12.4. The number of anilines is 1. The monoisotopic (exact) mass is 410 g/mol. The molecule has 0 saturated carbocycles. The molecule has 9 heteroatoms. The zero-order valence-corrected chi connectivity index (χ0v) is 16.9. The highest BCUT2D eigenvalue weighted by molar-refractivity contribution is 7.15. The molecule has 0 radical (unpaired) electrons. The molecule has 0 unspecified atom stereocenters. The molecule has 8 nitrogen and oxygen atoms in total. The number of hydrogen-bond donors (Lipinski definition) is 1. The fraction of sp³-hybridized carbons (Fsp3) is 0.350. The van der Waals surface area contributed by atoms with E-state index >= 15 is 0 Å². The van der Waals surface area contributed by atoms with Gasteiger partial charge in [-0.15, -0.1) is 11.3 Å². The summed E-state index contributed by atoms with van der Waals surface area (Å²) in [4.78, 5) is 35.7. The molecular weight excluding hydrogens is 388 g/mol. The fourth-order valence-electron chi connectivity index (χ4n) is 3.40. The van der Waals surface area contributed by atoms with Crippen molar-refractivity contribution in [2.45, 2.75) is 26.3 Å². The molecule has 1 aliphatic heterocycles. The lowest BCUT2D eigenvalue weighted by Gasteiger charge is -2.31. The Morgan fingerprint density at radius 1 is 1.21 bits per heavy atom. The number of amides is 2. The standard InChI is InChI=1S/C20H22N6O2S/c1-14-12-22-19(29-14)23-20(28)25-10-6-15(7-11-25)13-26-18(27)3-2-17(24-26)16-4-8-21-9-5-16/h2-5,8-9,12,15H,6-7,10-11,13H2,1H3,(H,22,23,28). The smallest absolute Gasteiger partial charge is 0.323 e. The van der Waals surface area contributed by atoms with Gasteiger partial charge in [0.2, 0.25) is 0 Å². The Morgan fingerprint density at radius 2 is 1.97 bits per heavy atom. The number of hydrogen-bond acceptors (Lipinski definition) is 6. The number of aryl methyl sites for hydroxylation is 1. The van der Waals surface area contributed by atoms with E-state index in [1.807, 2.05) is 19.1 Å². The molecule has 0 aromatic carbocycles. The number of piperidine rings is 1. The maximum absolute atomic E-state index is 12.4. The molecule has 2 amide bonds. The summed E-state index contributed by atoms with van der Waals surface area (Å²) in [6, 6.07) is 6.92. The second kappa shape index (κ2) is 8.52. The minimum Gasteiger partial charge on any atom is -0.324 e. The summed E-state index contributed by atoms with van der Waals surface area (Å²) in [6.45, 7) is 3.82. The summed E-state index contributed by atoms with van der Waals surface area (Å²) in [5.74, 6) is 0.305. The number of pyridine rings is 1. The molecule has 29 heavy (non-hydrogen) atoms. The SMILES string of the molecule is Cc1cnc(NC(=O)N2CCC(Cn3nc(-c4ccncc4)ccc3=O)CC2)s1. The molecular formula is C20H22N6O2S. The first-order valence-electron chi connectivity index (χ1n) is 9.55. The number of carbonyl (C=O) groups excluding carboxylic acids is 1. The van der Waals surface area contributed by atoms with Gasteiger partial charge in [-0.25, -0.2) is 14.5 Å². The van der Waals surface area contributed by atoms with Crippen molar-refractivity contribution in [3.63, 3.8) is 0 Å². The molecule has 0 spiro atoms. The van der Waals surface area contributed by atoms with Crippen LogP contribution in [0.15, 0.2) is 47.7 Å². The van der Waals surface area contributed by atoms with E-state index in [9.17, 15) is 9.59 Å². The second-order valence-electron chi connectivity index (χ2n) is 7.11. The van der Waals surface area contributed by atoms with Gasteiger partial charge in [-0.1, -0.05) is 0 Å². The van der Waals surface area contributed by atoms with E-state index in [0.29, 0.717) is 30.7 Å². The van der Waals surface area contributed by atoms with E-state index < -0.39 is 0 Å². The van der Waals surface area contributed by atoms with Gasteiger partial charge in [0.1, 0.15) is 0 Å². The topological polar surface area (TPSA) is 93.0 Å². The van der Waals surface area contributed by atoms with E-state index in [-0.39, 0.29) is 11.6 Å². The lowest BCUT2D eigenvalue weighted by Crippen LogP contribution is -2.42. The highest BCUT2D eigenvalue weighted by Crippen LogP contribution is 2.21. The molecule has 0 aliphatic carbocycles. The highest BCUT2D eigenvalue weighted by Gasteiger charge is 2.24. The summed E-state index contributed by atoms with van der Waals surface area (Å²) in [6.07, 6.45) is 6.83. The molecule has 1 N–H and O–H groups in total. The van der Waals surface area contributed by atoms with Crippen molar-refractivity contribution in [1.29, 1.82) is 0 Å². The van der Waals surface area contributed by atoms with Crippen LogP contribution < -0.4 is 10.9 Å². The molecule has 150 valence electrons. The molecule has 1 aliphatic rings. The molecule has 3 aromatic rings. The Morgan fingerprint density at radius 3 is 2.66 bits per heavy atom. The van der Waals surface area contributed by atoms with Crippen molar-refractivity contribution in [1.82, 2.24) is 24.6 Å². The lowest BCUT2D eigenvalue weighted by molar-refractivity contribution is 0.174. The number of aromatic nitrogens is 4. The van der Waals surface area contributed by atoms with Crippen molar-refractivity contribution in [3.05, 3.63) is 58.1 Å². The van der Waals surface area contributed by atoms with E-state index in [2.05, 4.69) is 20.4 Å². The number of nitrogens with zero attached hydrogens (tertiary/aromatic N) is 5. The number of nitrogens with one attached hydrogen (secondary N) is 1. The Hall–Kier alpha value is -3.07. The zero-order chi connectivity index (χ0) is 20.2. The maximum Gasteiger partial charge on any atom is 0.323 e. The van der Waals surface area contributed by atoms with Crippen LogP contribution in [0.4, 0.5) is 9.93 Å². The van der Waals surface area contributed by atoms with Crippen LogP contribution in [-0.4, -0.2) is 43.8 Å². The number of carbonyl (C=O) groups is 1. The van der Waals surface area contributed by atoms with Gasteiger partial charge in [0.05, 0.1) is 5.69 Å². The van der Waals surface area contributed by atoms with Crippen LogP contribution >= 0.6 is 11.3 Å². The first-order chi connectivity index (χ1) is 14.1. The predicted molar refractivity (Wildman–Crippen MR) is 112 cm³/mol. The molecule has 3 aromatic heterocycles. The predicted octanol–water partition coefficient (Wildman–Crippen LogP) is 3.01. The van der Waals surface area contributed by atoms with Gasteiger partial charge in [-0.05, 0) is 43.9 Å². The van der Waals surface area contributed by atoms with Crippen LogP contribution in [0.3, 0.4) is 0 Å². The number of thiazole rings is 1. The minimum absolute atomic E-state index is 0.109. The fourth-order valence-corrected chi connectivity index (χ4v) is 4.06. The largest absolute Gasteiger partial charge is 0.324 e. The molecule has 4 heterocycles. The highest BCUT2D eigenvalue weighted by atomic mass is 32.1. The Kier molecular flexibility index (Phi) is 5.66. The van der Waals surface area contributed by atoms with Crippen molar-refractivity contribution in [2.75, 3.05) is 18.4 Å². The normalized spacial score (nSPS) is 14.7. The summed E-state index contributed by atoms with van der Waals surface area (Å²) >= 11 is 1.46. The van der Waals surface area contributed by atoms with E-state index in [1.54, 1.807) is 35.6 Å². The van der Waals surface area contributed by atoms with Crippen LogP contribution in [0.1, 0.15) is 17.7 Å². The number of likely N-dealkylation sites (tertiary alicyclic amines) is 1. The van der Waals surface area contributed by atoms with Crippen LogP contribution in [0.2, 0.25) is 0 Å². The average Bonchev–Trinajstić information content (AvgIpc) is 3.15. The third-order valence-electron chi connectivity index (χ3n) is 5.01. The van der Waals surface area contributed by atoms with Gasteiger partial charge in [-0.3, -0.25) is 15.1 Å². The molecule has 1 fully saturated rings. The molecule has 4 rings (SSSR count).